The third-order valence-electron chi connectivity index (χ3n) is 2.17. The predicted octanol–water partition coefficient (Wildman–Crippen LogP) is 0.225. The number of nitrogens with zero attached hydrogens (tertiary/aromatic N) is 4. The fourth-order valence-corrected chi connectivity index (χ4v) is 1.29. The van der Waals surface area contributed by atoms with Crippen LogP contribution in [0.5, 0.6) is 5.75 Å². The van der Waals surface area contributed by atoms with Gasteiger partial charge >= 0.3 is 5.69 Å². The number of rotatable bonds is 4. The maximum atomic E-state index is 10.9. The van der Waals surface area contributed by atoms with Gasteiger partial charge in [-0.05, 0) is 6.07 Å². The standard InChI is InChI=1S/C10H8N6O4/c17-8-2-1-7(16(19)20)3-6(8)4-11-14-9-5-12-15-10(18)13-9/h1-5,17H,(H2,13,14,15,18). The number of phenols is 1. The molecule has 1 aromatic carbocycles. The van der Waals surface area contributed by atoms with Crippen molar-refractivity contribution in [3.8, 4) is 5.75 Å². The first-order valence-electron chi connectivity index (χ1n) is 5.24. The first kappa shape index (κ1) is 13.1. The Labute approximate surface area is 111 Å². The number of hydrogen-bond acceptors (Lipinski definition) is 8. The number of aromatic amines is 1. The summed E-state index contributed by atoms with van der Waals surface area (Å²) in [5, 5.41) is 29.4. The average molecular weight is 276 g/mol. The summed E-state index contributed by atoms with van der Waals surface area (Å²) in [7, 11) is 0. The van der Waals surface area contributed by atoms with Crippen molar-refractivity contribution in [1.82, 2.24) is 15.2 Å². The molecule has 0 atom stereocenters. The molecule has 102 valence electrons. The second-order valence-corrected chi connectivity index (χ2v) is 3.54. The van der Waals surface area contributed by atoms with E-state index >= 15 is 0 Å². The van der Waals surface area contributed by atoms with Crippen molar-refractivity contribution < 1.29 is 10.0 Å². The van der Waals surface area contributed by atoms with Crippen LogP contribution in [0, 0.1) is 10.1 Å². The molecule has 3 N–H and O–H groups in total. The van der Waals surface area contributed by atoms with Crippen molar-refractivity contribution in [3.05, 3.63) is 50.6 Å². The number of nitro groups is 1. The number of aromatic nitrogens is 3. The average Bonchev–Trinajstić information content (AvgIpc) is 2.40. The molecular weight excluding hydrogens is 268 g/mol. The van der Waals surface area contributed by atoms with E-state index in [1.165, 1.54) is 18.3 Å². The molecule has 0 saturated carbocycles. The Morgan fingerprint density at radius 2 is 2.30 bits per heavy atom. The summed E-state index contributed by atoms with van der Waals surface area (Å²) < 4.78 is 0. The third-order valence-corrected chi connectivity index (χ3v) is 2.17. The number of nitrogens with one attached hydrogen (secondary N) is 2. The van der Waals surface area contributed by atoms with Crippen LogP contribution in [0.2, 0.25) is 0 Å². The third kappa shape index (κ3) is 3.13. The van der Waals surface area contributed by atoms with E-state index in [1.54, 1.807) is 0 Å². The number of aromatic hydroxyl groups is 1. The van der Waals surface area contributed by atoms with Crippen molar-refractivity contribution in [3.63, 3.8) is 0 Å². The summed E-state index contributed by atoms with van der Waals surface area (Å²) in [6, 6.07) is 3.51. The lowest BCUT2D eigenvalue weighted by atomic mass is 10.2. The van der Waals surface area contributed by atoms with Gasteiger partial charge in [0.25, 0.3) is 5.69 Å². The van der Waals surface area contributed by atoms with Crippen LogP contribution in [0.4, 0.5) is 11.5 Å². The fraction of sp³-hybridized carbons (Fsp3) is 0. The van der Waals surface area contributed by atoms with Crippen molar-refractivity contribution in [2.45, 2.75) is 0 Å². The maximum absolute atomic E-state index is 10.9. The Bertz CT molecular complexity index is 726. The van der Waals surface area contributed by atoms with Crippen LogP contribution >= 0.6 is 0 Å². The normalized spacial score (nSPS) is 10.6. The number of anilines is 1. The topological polar surface area (TPSA) is 146 Å². The van der Waals surface area contributed by atoms with E-state index in [0.29, 0.717) is 0 Å². The molecule has 2 rings (SSSR count). The summed E-state index contributed by atoms with van der Waals surface area (Å²) in [6.45, 7) is 0. The van der Waals surface area contributed by atoms with E-state index in [1.807, 2.05) is 0 Å². The second-order valence-electron chi connectivity index (χ2n) is 3.54. The molecule has 2 aromatic rings. The number of benzene rings is 1. The Balaban J connectivity index is 2.17. The van der Waals surface area contributed by atoms with Gasteiger partial charge in [-0.3, -0.25) is 15.5 Å². The summed E-state index contributed by atoms with van der Waals surface area (Å²) >= 11 is 0. The Morgan fingerprint density at radius 3 is 3.00 bits per heavy atom. The lowest BCUT2D eigenvalue weighted by Gasteiger charge is -1.99. The van der Waals surface area contributed by atoms with Gasteiger partial charge in [0, 0.05) is 17.7 Å². The highest BCUT2D eigenvalue weighted by molar-refractivity contribution is 5.84. The number of phenolic OH excluding ortho intramolecular Hbond substituents is 1. The molecule has 1 heterocycles. The SMILES string of the molecule is O=c1nc(NN=Cc2cc([N+](=O)[O-])ccc2O)cn[nH]1. The van der Waals surface area contributed by atoms with Crippen LogP contribution in [0.25, 0.3) is 0 Å². The predicted molar refractivity (Wildman–Crippen MR) is 68.6 cm³/mol. The molecule has 10 heteroatoms. The minimum atomic E-state index is -0.650. The Morgan fingerprint density at radius 1 is 1.50 bits per heavy atom. The second kappa shape index (κ2) is 5.56. The van der Waals surface area contributed by atoms with Crippen LogP contribution in [0.1, 0.15) is 5.56 Å². The highest BCUT2D eigenvalue weighted by Gasteiger charge is 2.08. The van der Waals surface area contributed by atoms with Crippen LogP contribution in [0.3, 0.4) is 0 Å². The number of H-pyrrole nitrogens is 1. The van der Waals surface area contributed by atoms with E-state index in [0.717, 1.165) is 12.3 Å². The van der Waals surface area contributed by atoms with Crippen LogP contribution < -0.4 is 11.1 Å². The van der Waals surface area contributed by atoms with E-state index in [4.69, 9.17) is 0 Å². The minimum Gasteiger partial charge on any atom is -0.507 e. The zero-order valence-electron chi connectivity index (χ0n) is 9.85. The molecule has 0 spiro atoms. The largest absolute Gasteiger partial charge is 0.507 e. The monoisotopic (exact) mass is 276 g/mol. The van der Waals surface area contributed by atoms with Crippen molar-refractivity contribution in [2.75, 3.05) is 5.43 Å². The van der Waals surface area contributed by atoms with E-state index < -0.39 is 10.6 Å². The smallest absolute Gasteiger partial charge is 0.363 e. The fourth-order valence-electron chi connectivity index (χ4n) is 1.29. The van der Waals surface area contributed by atoms with Crippen LogP contribution in [0.15, 0.2) is 34.3 Å². The molecule has 1 aromatic heterocycles. The molecular formula is C10H8N6O4. The molecule has 0 aliphatic carbocycles. The molecule has 0 aliphatic rings. The molecule has 0 radical (unpaired) electrons. The molecule has 0 saturated heterocycles. The summed E-state index contributed by atoms with van der Waals surface area (Å²) in [4.78, 5) is 24.4. The lowest BCUT2D eigenvalue weighted by Crippen LogP contribution is -2.13. The molecule has 0 fully saturated rings. The van der Waals surface area contributed by atoms with Crippen LogP contribution in [-0.4, -0.2) is 31.4 Å². The Hall–Kier alpha value is -3.30. The van der Waals surface area contributed by atoms with Gasteiger partial charge in [-0.25, -0.2) is 9.89 Å². The quantitative estimate of drug-likeness (QED) is 0.411. The highest BCUT2D eigenvalue weighted by Crippen LogP contribution is 2.21. The summed E-state index contributed by atoms with van der Waals surface area (Å²) in [5.74, 6) is -0.0759. The van der Waals surface area contributed by atoms with Crippen LogP contribution in [-0.2, 0) is 0 Å². The molecule has 0 aliphatic heterocycles. The first-order chi connectivity index (χ1) is 9.56. The maximum Gasteiger partial charge on any atom is 0.363 e. The highest BCUT2D eigenvalue weighted by atomic mass is 16.6. The van der Waals surface area contributed by atoms with E-state index in [9.17, 15) is 20.0 Å². The van der Waals surface area contributed by atoms with E-state index in [2.05, 4.69) is 25.7 Å². The van der Waals surface area contributed by atoms with Gasteiger partial charge in [0.15, 0.2) is 5.82 Å². The van der Waals surface area contributed by atoms with Crippen molar-refractivity contribution in [1.29, 1.82) is 0 Å². The molecule has 10 nitrogen and oxygen atoms in total. The molecule has 20 heavy (non-hydrogen) atoms. The molecule has 0 bridgehead atoms. The number of hydrogen-bond donors (Lipinski definition) is 3. The summed E-state index contributed by atoms with van der Waals surface area (Å²) in [6.07, 6.45) is 2.39. The zero-order valence-corrected chi connectivity index (χ0v) is 9.85. The minimum absolute atomic E-state index is 0.0925. The number of hydrazone groups is 1. The Kier molecular flexibility index (Phi) is 3.65. The van der Waals surface area contributed by atoms with Gasteiger partial charge in [-0.2, -0.15) is 15.2 Å². The van der Waals surface area contributed by atoms with Gasteiger partial charge in [-0.1, -0.05) is 0 Å². The number of nitro benzene ring substituents is 1. The lowest BCUT2D eigenvalue weighted by molar-refractivity contribution is -0.384. The molecule has 0 unspecified atom stereocenters. The van der Waals surface area contributed by atoms with Gasteiger partial charge in [0.1, 0.15) is 5.75 Å². The van der Waals surface area contributed by atoms with Gasteiger partial charge in [0.05, 0.1) is 17.3 Å². The first-order valence-corrected chi connectivity index (χ1v) is 5.24. The van der Waals surface area contributed by atoms with Gasteiger partial charge in [-0.15, -0.1) is 0 Å². The van der Waals surface area contributed by atoms with Crippen molar-refractivity contribution in [2.24, 2.45) is 5.10 Å². The van der Waals surface area contributed by atoms with Gasteiger partial charge in [0.2, 0.25) is 0 Å². The summed E-state index contributed by atoms with van der Waals surface area (Å²) in [5.41, 5.74) is 1.72. The van der Waals surface area contributed by atoms with E-state index in [-0.39, 0.29) is 22.8 Å². The van der Waals surface area contributed by atoms with Gasteiger partial charge < -0.3 is 5.11 Å². The molecule has 0 amide bonds. The zero-order chi connectivity index (χ0) is 14.5. The number of non-ortho nitro benzene ring substituents is 1. The van der Waals surface area contributed by atoms with Crippen molar-refractivity contribution >= 4 is 17.7 Å².